The van der Waals surface area contributed by atoms with Crippen molar-refractivity contribution >= 4 is 56.8 Å². The van der Waals surface area contributed by atoms with Gasteiger partial charge in [-0.3, -0.25) is 4.57 Å². The first-order valence-corrected chi connectivity index (χ1v) is 8.04. The first kappa shape index (κ1) is 14.2. The molecule has 3 aromatic rings. The van der Waals surface area contributed by atoms with Crippen molar-refractivity contribution in [1.29, 1.82) is 0 Å². The smallest absolute Gasteiger partial charge is 0.132 e. The van der Waals surface area contributed by atoms with Crippen LogP contribution < -0.4 is 0 Å². The van der Waals surface area contributed by atoms with Gasteiger partial charge in [0.15, 0.2) is 0 Å². The van der Waals surface area contributed by atoms with E-state index in [1.165, 1.54) is 0 Å². The highest BCUT2D eigenvalue weighted by atomic mass is 127. The average Bonchev–Trinajstić information content (AvgIpc) is 2.80. The van der Waals surface area contributed by atoms with Crippen molar-refractivity contribution in [1.82, 2.24) is 9.55 Å². The Morgan fingerprint density at radius 2 is 1.95 bits per heavy atom. The monoisotopic (exact) mass is 416 g/mol. The third kappa shape index (κ3) is 2.43. The Balaban J connectivity index is 2.40. The maximum absolute atomic E-state index is 6.36. The standard InChI is InChI=1S/C15H11Cl2IN2/c1-9(16)15-19-13-7-3-6-12(17)14(13)20(15)11-5-2-4-10(18)8-11/h2-9H,1H3. The van der Waals surface area contributed by atoms with Crippen LogP contribution in [0.3, 0.4) is 0 Å². The lowest BCUT2D eigenvalue weighted by molar-refractivity contribution is 0.882. The molecule has 0 spiro atoms. The third-order valence-corrected chi connectivity index (χ3v) is 4.25. The van der Waals surface area contributed by atoms with Gasteiger partial charge in [-0.15, -0.1) is 11.6 Å². The van der Waals surface area contributed by atoms with Crippen LogP contribution in [0.5, 0.6) is 0 Å². The molecule has 20 heavy (non-hydrogen) atoms. The summed E-state index contributed by atoms with van der Waals surface area (Å²) in [5, 5.41) is 0.480. The zero-order chi connectivity index (χ0) is 14.3. The summed E-state index contributed by atoms with van der Waals surface area (Å²) in [6.07, 6.45) is 0. The first-order chi connectivity index (χ1) is 9.58. The van der Waals surface area contributed by atoms with Crippen LogP contribution in [0.4, 0.5) is 0 Å². The summed E-state index contributed by atoms with van der Waals surface area (Å²) in [5.74, 6) is 0.803. The molecule has 0 aliphatic rings. The van der Waals surface area contributed by atoms with Crippen LogP contribution in [-0.2, 0) is 0 Å². The van der Waals surface area contributed by atoms with Gasteiger partial charge in [0.2, 0.25) is 0 Å². The SMILES string of the molecule is CC(Cl)c1nc2cccc(Cl)c2n1-c1cccc(I)c1. The van der Waals surface area contributed by atoms with Crippen molar-refractivity contribution in [3.63, 3.8) is 0 Å². The third-order valence-electron chi connectivity index (χ3n) is 3.08. The molecule has 0 saturated heterocycles. The van der Waals surface area contributed by atoms with Crippen molar-refractivity contribution in [2.45, 2.75) is 12.3 Å². The topological polar surface area (TPSA) is 17.8 Å². The second-order valence-corrected chi connectivity index (χ2v) is 6.82. The number of imidazole rings is 1. The Bertz CT molecular complexity index is 781. The van der Waals surface area contributed by atoms with Crippen molar-refractivity contribution in [2.24, 2.45) is 0 Å². The lowest BCUT2D eigenvalue weighted by Gasteiger charge is -2.11. The summed E-state index contributed by atoms with van der Waals surface area (Å²) in [5.41, 5.74) is 2.78. The van der Waals surface area contributed by atoms with Crippen molar-refractivity contribution in [2.75, 3.05) is 0 Å². The van der Waals surface area contributed by atoms with E-state index in [0.717, 1.165) is 26.1 Å². The molecule has 1 heterocycles. The molecule has 0 fully saturated rings. The molecule has 3 rings (SSSR count). The van der Waals surface area contributed by atoms with Gasteiger partial charge in [0, 0.05) is 9.26 Å². The van der Waals surface area contributed by atoms with Crippen LogP contribution >= 0.6 is 45.8 Å². The fraction of sp³-hybridized carbons (Fsp3) is 0.133. The fourth-order valence-electron chi connectivity index (χ4n) is 2.25. The van der Waals surface area contributed by atoms with Gasteiger partial charge in [-0.2, -0.15) is 0 Å². The van der Waals surface area contributed by atoms with Crippen molar-refractivity contribution < 1.29 is 0 Å². The van der Waals surface area contributed by atoms with Gasteiger partial charge in [-0.1, -0.05) is 23.7 Å². The van der Waals surface area contributed by atoms with Gasteiger partial charge < -0.3 is 0 Å². The number of hydrogen-bond donors (Lipinski definition) is 0. The molecule has 0 N–H and O–H groups in total. The van der Waals surface area contributed by atoms with E-state index in [2.05, 4.69) is 39.7 Å². The van der Waals surface area contributed by atoms with E-state index in [1.54, 1.807) is 0 Å². The molecule has 5 heteroatoms. The van der Waals surface area contributed by atoms with Gasteiger partial charge in [-0.25, -0.2) is 4.98 Å². The molecule has 0 saturated carbocycles. The number of alkyl halides is 1. The molecule has 102 valence electrons. The van der Waals surface area contributed by atoms with E-state index in [9.17, 15) is 0 Å². The predicted octanol–water partition coefficient (Wildman–Crippen LogP) is 5.58. The second-order valence-electron chi connectivity index (χ2n) is 4.51. The molecule has 1 aromatic heterocycles. The van der Waals surface area contributed by atoms with E-state index >= 15 is 0 Å². The highest BCUT2D eigenvalue weighted by Gasteiger charge is 2.18. The van der Waals surface area contributed by atoms with E-state index in [1.807, 2.05) is 41.8 Å². The Kier molecular flexibility index (Phi) is 3.93. The van der Waals surface area contributed by atoms with Gasteiger partial charge in [0.05, 0.1) is 21.4 Å². The number of para-hydroxylation sites is 1. The maximum Gasteiger partial charge on any atom is 0.132 e. The minimum absolute atomic E-state index is 0.198. The minimum atomic E-state index is -0.198. The van der Waals surface area contributed by atoms with Gasteiger partial charge in [-0.05, 0) is 59.8 Å². The molecule has 0 amide bonds. The Morgan fingerprint density at radius 1 is 1.20 bits per heavy atom. The van der Waals surface area contributed by atoms with Gasteiger partial charge >= 0.3 is 0 Å². The van der Waals surface area contributed by atoms with Crippen molar-refractivity contribution in [3.8, 4) is 5.69 Å². The molecule has 0 aliphatic heterocycles. The highest BCUT2D eigenvalue weighted by Crippen LogP contribution is 2.32. The van der Waals surface area contributed by atoms with Gasteiger partial charge in [0.1, 0.15) is 5.82 Å². The minimum Gasteiger partial charge on any atom is -0.294 e. The van der Waals surface area contributed by atoms with E-state index in [0.29, 0.717) is 5.02 Å². The highest BCUT2D eigenvalue weighted by molar-refractivity contribution is 14.1. The summed E-state index contributed by atoms with van der Waals surface area (Å²) < 4.78 is 3.19. The molecule has 1 atom stereocenters. The fourth-order valence-corrected chi connectivity index (χ4v) is 3.17. The normalized spacial score (nSPS) is 12.8. The van der Waals surface area contributed by atoms with Crippen molar-refractivity contribution in [3.05, 3.63) is 56.9 Å². The van der Waals surface area contributed by atoms with E-state index < -0.39 is 0 Å². The van der Waals surface area contributed by atoms with Crippen LogP contribution in [0.25, 0.3) is 16.7 Å². The van der Waals surface area contributed by atoms with Gasteiger partial charge in [0.25, 0.3) is 0 Å². The lowest BCUT2D eigenvalue weighted by atomic mass is 10.2. The Morgan fingerprint density at radius 3 is 2.65 bits per heavy atom. The molecule has 0 bridgehead atoms. The van der Waals surface area contributed by atoms with Crippen LogP contribution in [0, 0.1) is 3.57 Å². The number of halogens is 3. The quantitative estimate of drug-likeness (QED) is 0.393. The molecular weight excluding hydrogens is 406 g/mol. The lowest BCUT2D eigenvalue weighted by Crippen LogP contribution is -2.02. The zero-order valence-electron chi connectivity index (χ0n) is 10.6. The number of fused-ring (bicyclic) bond motifs is 1. The van der Waals surface area contributed by atoms with Crippen LogP contribution in [-0.4, -0.2) is 9.55 Å². The van der Waals surface area contributed by atoms with Crippen LogP contribution in [0.1, 0.15) is 18.1 Å². The molecule has 1 unspecified atom stereocenters. The molecular formula is C15H11Cl2IN2. The number of benzene rings is 2. The molecule has 0 aliphatic carbocycles. The largest absolute Gasteiger partial charge is 0.294 e. The number of nitrogens with zero attached hydrogens (tertiary/aromatic N) is 2. The second kappa shape index (κ2) is 5.54. The Hall–Kier alpha value is -0.780. The Labute approximate surface area is 140 Å². The first-order valence-electron chi connectivity index (χ1n) is 6.15. The number of hydrogen-bond acceptors (Lipinski definition) is 1. The summed E-state index contributed by atoms with van der Waals surface area (Å²) in [7, 11) is 0. The number of aromatic nitrogens is 2. The van der Waals surface area contributed by atoms with Crippen LogP contribution in [0.2, 0.25) is 5.02 Å². The zero-order valence-corrected chi connectivity index (χ0v) is 14.3. The molecule has 2 aromatic carbocycles. The summed E-state index contributed by atoms with van der Waals surface area (Å²) in [6.45, 7) is 1.92. The number of rotatable bonds is 2. The van der Waals surface area contributed by atoms with E-state index in [-0.39, 0.29) is 5.38 Å². The molecule has 0 radical (unpaired) electrons. The maximum atomic E-state index is 6.36. The summed E-state index contributed by atoms with van der Waals surface area (Å²) in [4.78, 5) is 4.62. The summed E-state index contributed by atoms with van der Waals surface area (Å²) in [6, 6.07) is 13.9. The molecule has 2 nitrogen and oxygen atoms in total. The predicted molar refractivity (Wildman–Crippen MR) is 93.1 cm³/mol. The van der Waals surface area contributed by atoms with Crippen LogP contribution in [0.15, 0.2) is 42.5 Å². The van der Waals surface area contributed by atoms with E-state index in [4.69, 9.17) is 23.2 Å². The summed E-state index contributed by atoms with van der Waals surface area (Å²) >= 11 is 14.9. The average molecular weight is 417 g/mol.